The average Bonchev–Trinajstić information content (AvgIpc) is 2.88. The average molecular weight is 375 g/mol. The fourth-order valence-corrected chi connectivity index (χ4v) is 4.37. The van der Waals surface area contributed by atoms with Crippen LogP contribution in [0.5, 0.6) is 5.75 Å². The number of aliphatic hydroxyl groups is 1. The fourth-order valence-electron chi connectivity index (χ4n) is 2.57. The summed E-state index contributed by atoms with van der Waals surface area (Å²) in [6, 6.07) is 7.23. The summed E-state index contributed by atoms with van der Waals surface area (Å²) < 4.78 is 5.66. The van der Waals surface area contributed by atoms with E-state index in [1.807, 2.05) is 18.4 Å². The van der Waals surface area contributed by atoms with Gasteiger partial charge in [0, 0.05) is 11.5 Å². The number of carbonyl (C=O) groups excluding carboxylic acids is 2. The number of β-lactam (4-membered cyclic amide) rings is 1. The minimum atomic E-state index is -1.44. The van der Waals surface area contributed by atoms with Gasteiger partial charge in [-0.1, -0.05) is 11.8 Å². The van der Waals surface area contributed by atoms with E-state index in [4.69, 9.17) is 9.84 Å². The third kappa shape index (κ3) is 3.49. The summed E-state index contributed by atoms with van der Waals surface area (Å²) in [6.07, 6.45) is 2.26. The largest absolute Gasteiger partial charge is 1.00 e. The van der Waals surface area contributed by atoms with E-state index in [0.717, 1.165) is 4.90 Å². The van der Waals surface area contributed by atoms with Crippen molar-refractivity contribution in [2.24, 2.45) is 5.92 Å². The van der Waals surface area contributed by atoms with E-state index in [9.17, 15) is 14.7 Å². The molecule has 0 spiro atoms. The van der Waals surface area contributed by atoms with Crippen LogP contribution in [0.15, 0.2) is 39.9 Å². The van der Waals surface area contributed by atoms with Gasteiger partial charge in [0.25, 0.3) is 0 Å². The topological polar surface area (TPSA) is 89.9 Å². The Morgan fingerprint density at radius 2 is 2.08 bits per heavy atom. The molecule has 1 amide bonds. The second-order valence-corrected chi connectivity index (χ2v) is 7.01. The van der Waals surface area contributed by atoms with E-state index in [2.05, 4.69) is 0 Å². The quantitative estimate of drug-likeness (QED) is 0.338. The van der Waals surface area contributed by atoms with Gasteiger partial charge in [-0.15, -0.1) is 11.8 Å². The number of carboxylic acids is 1. The maximum atomic E-state index is 12.0. The molecule has 2 atom stereocenters. The number of ether oxygens (including phenoxy) is 1. The first-order chi connectivity index (χ1) is 11.1. The van der Waals surface area contributed by atoms with Gasteiger partial charge in [0.05, 0.1) is 11.9 Å². The first kappa shape index (κ1) is 19.7. The zero-order chi connectivity index (χ0) is 16.6. The van der Waals surface area contributed by atoms with Gasteiger partial charge in [0.15, 0.2) is 5.09 Å². The number of carboxylic acid groups (broad SMARTS) is 1. The van der Waals surface area contributed by atoms with Gasteiger partial charge in [-0.2, -0.15) is 0 Å². The van der Waals surface area contributed by atoms with Gasteiger partial charge in [-0.25, -0.2) is 0 Å². The Bertz CT molecular complexity index is 679. The summed E-state index contributed by atoms with van der Waals surface area (Å²) in [5.74, 6) is -1.64. The standard InChI is InChI=1S/C15H15NO5S2.Na/c1-22-9-4-2-8(3-5-9)21-15-11(14(19)20)16-12(18)10(6-7-17)13(16)23-15;/h2-5,10,13,17H,6-7H2,1H3,(H,19,20);/q;+1/p-1/t10-,13+;/m0./s1. The van der Waals surface area contributed by atoms with Crippen LogP contribution in [-0.4, -0.2) is 40.1 Å². The van der Waals surface area contributed by atoms with Crippen molar-refractivity contribution in [2.75, 3.05) is 12.9 Å². The number of rotatable bonds is 6. The first-order valence-electron chi connectivity index (χ1n) is 6.95. The first-order valence-corrected chi connectivity index (χ1v) is 9.05. The molecule has 24 heavy (non-hydrogen) atoms. The van der Waals surface area contributed by atoms with Crippen molar-refractivity contribution in [3.63, 3.8) is 0 Å². The van der Waals surface area contributed by atoms with Gasteiger partial charge in [-0.3, -0.25) is 9.69 Å². The zero-order valence-electron chi connectivity index (χ0n) is 13.2. The molecule has 0 saturated carbocycles. The maximum Gasteiger partial charge on any atom is 1.00 e. The van der Waals surface area contributed by atoms with Crippen LogP contribution in [0.2, 0.25) is 0 Å². The molecule has 0 unspecified atom stereocenters. The van der Waals surface area contributed by atoms with Gasteiger partial charge in [0.1, 0.15) is 16.8 Å². The molecule has 1 fully saturated rings. The van der Waals surface area contributed by atoms with Crippen molar-refractivity contribution >= 4 is 35.4 Å². The van der Waals surface area contributed by atoms with Crippen LogP contribution in [0.3, 0.4) is 0 Å². The van der Waals surface area contributed by atoms with Crippen LogP contribution in [-0.2, 0) is 9.59 Å². The maximum absolute atomic E-state index is 12.0. The van der Waals surface area contributed by atoms with Gasteiger partial charge in [-0.05, 0) is 36.9 Å². The van der Waals surface area contributed by atoms with Crippen molar-refractivity contribution in [3.8, 4) is 5.75 Å². The van der Waals surface area contributed by atoms with Crippen molar-refractivity contribution in [1.29, 1.82) is 0 Å². The molecule has 1 N–H and O–H groups in total. The van der Waals surface area contributed by atoms with Crippen LogP contribution < -0.4 is 39.4 Å². The normalized spacial score (nSPS) is 21.9. The molecule has 0 bridgehead atoms. The smallest absolute Gasteiger partial charge is 0.543 e. The number of amides is 1. The molecule has 6 nitrogen and oxygen atoms in total. The van der Waals surface area contributed by atoms with Crippen LogP contribution in [0.4, 0.5) is 0 Å². The van der Waals surface area contributed by atoms with Crippen molar-refractivity contribution < 1.29 is 54.1 Å². The zero-order valence-corrected chi connectivity index (χ0v) is 16.9. The number of benzene rings is 1. The number of fused-ring (bicyclic) bond motifs is 1. The Morgan fingerprint density at radius 1 is 1.42 bits per heavy atom. The van der Waals surface area contributed by atoms with Crippen molar-refractivity contribution in [1.82, 2.24) is 4.90 Å². The Labute approximate surface area is 169 Å². The molecule has 2 aliphatic heterocycles. The minimum absolute atomic E-state index is 0. The predicted molar refractivity (Wildman–Crippen MR) is 84.3 cm³/mol. The second-order valence-electron chi connectivity index (χ2n) is 5.04. The summed E-state index contributed by atoms with van der Waals surface area (Å²) in [7, 11) is 0. The van der Waals surface area contributed by atoms with E-state index in [0.29, 0.717) is 12.2 Å². The van der Waals surface area contributed by atoms with E-state index >= 15 is 0 Å². The van der Waals surface area contributed by atoms with Crippen LogP contribution in [0.1, 0.15) is 6.42 Å². The van der Waals surface area contributed by atoms with E-state index in [-0.39, 0.29) is 64.2 Å². The number of aliphatic carboxylic acids is 1. The number of hydrogen-bond donors (Lipinski definition) is 1. The number of carbonyl (C=O) groups is 2. The van der Waals surface area contributed by atoms with Crippen LogP contribution in [0.25, 0.3) is 0 Å². The van der Waals surface area contributed by atoms with Gasteiger partial charge >= 0.3 is 29.6 Å². The van der Waals surface area contributed by atoms with Crippen molar-refractivity contribution in [3.05, 3.63) is 35.1 Å². The summed E-state index contributed by atoms with van der Waals surface area (Å²) >= 11 is 2.77. The number of nitrogens with zero attached hydrogens (tertiary/aromatic N) is 1. The second kappa shape index (κ2) is 8.16. The molecular formula is C15H14NNaO5S2. The monoisotopic (exact) mass is 375 g/mol. The minimum Gasteiger partial charge on any atom is -0.543 e. The molecule has 9 heteroatoms. The van der Waals surface area contributed by atoms with Gasteiger partial charge < -0.3 is 19.7 Å². The molecule has 3 rings (SSSR count). The third-order valence-corrected chi connectivity index (χ3v) is 5.73. The summed E-state index contributed by atoms with van der Waals surface area (Å²) in [4.78, 5) is 25.7. The molecule has 2 heterocycles. The molecule has 2 aliphatic rings. The molecule has 0 aliphatic carbocycles. The summed E-state index contributed by atoms with van der Waals surface area (Å²) in [6.45, 7) is -0.117. The number of aliphatic hydroxyl groups excluding tert-OH is 1. The van der Waals surface area contributed by atoms with Crippen molar-refractivity contribution in [2.45, 2.75) is 16.7 Å². The molecule has 122 valence electrons. The number of hydrogen-bond acceptors (Lipinski definition) is 7. The Hall–Kier alpha value is -0.640. The molecule has 0 aromatic heterocycles. The SMILES string of the molecule is CSc1ccc(OC2=C(C(=O)[O-])N3C(=O)[C@H](CCO)[C@H]3S2)cc1.[Na+]. The Morgan fingerprint density at radius 3 is 2.62 bits per heavy atom. The van der Waals surface area contributed by atoms with Gasteiger partial charge in [0.2, 0.25) is 5.91 Å². The van der Waals surface area contributed by atoms with Crippen LogP contribution in [0, 0.1) is 5.92 Å². The molecule has 1 aromatic carbocycles. The Kier molecular flexibility index (Phi) is 6.69. The summed E-state index contributed by atoms with van der Waals surface area (Å²) in [5, 5.41) is 20.2. The predicted octanol–water partition coefficient (Wildman–Crippen LogP) is -2.38. The Balaban J connectivity index is 0.00000208. The van der Waals surface area contributed by atoms with E-state index < -0.39 is 5.97 Å². The molecular weight excluding hydrogens is 361 g/mol. The third-order valence-electron chi connectivity index (χ3n) is 3.72. The molecule has 0 radical (unpaired) electrons. The van der Waals surface area contributed by atoms with Crippen LogP contribution >= 0.6 is 23.5 Å². The molecule has 1 saturated heterocycles. The molecule has 1 aromatic rings. The van der Waals surface area contributed by atoms with E-state index in [1.54, 1.807) is 23.9 Å². The summed E-state index contributed by atoms with van der Waals surface area (Å²) in [5.41, 5.74) is -0.229. The number of thioether (sulfide) groups is 2. The van der Waals surface area contributed by atoms with E-state index in [1.165, 1.54) is 16.7 Å². The fraction of sp³-hybridized carbons (Fsp3) is 0.333.